The molecule has 2 aromatic rings. The van der Waals surface area contributed by atoms with Crippen LogP contribution in [0.3, 0.4) is 0 Å². The molecule has 148 valence electrons. The van der Waals surface area contributed by atoms with Crippen molar-refractivity contribution in [2.75, 3.05) is 13.7 Å². The summed E-state index contributed by atoms with van der Waals surface area (Å²) in [5.74, 6) is -1.55. The van der Waals surface area contributed by atoms with Gasteiger partial charge < -0.3 is 15.4 Å². The molecule has 0 spiro atoms. The van der Waals surface area contributed by atoms with E-state index < -0.39 is 29.9 Å². The summed E-state index contributed by atoms with van der Waals surface area (Å²) >= 11 is 0. The number of amides is 4. The Labute approximate surface area is 166 Å². The van der Waals surface area contributed by atoms with Crippen molar-refractivity contribution in [3.8, 4) is 0 Å². The van der Waals surface area contributed by atoms with Crippen LogP contribution in [0.5, 0.6) is 0 Å². The van der Waals surface area contributed by atoms with E-state index in [0.717, 1.165) is 10.3 Å². The Morgan fingerprint density at radius 3 is 2.24 bits per heavy atom. The number of carbonyl (C=O) groups excluding carboxylic acids is 4. The number of rotatable bonds is 4. The Bertz CT molecular complexity index is 1050. The average molecular weight is 393 g/mol. The van der Waals surface area contributed by atoms with Gasteiger partial charge in [0, 0.05) is 22.2 Å². The van der Waals surface area contributed by atoms with E-state index in [0.29, 0.717) is 28.6 Å². The lowest BCUT2D eigenvalue weighted by Crippen LogP contribution is -2.56. The quantitative estimate of drug-likeness (QED) is 0.610. The zero-order valence-corrected chi connectivity index (χ0v) is 15.9. The van der Waals surface area contributed by atoms with Gasteiger partial charge in [-0.05, 0) is 23.9 Å². The molecule has 1 unspecified atom stereocenters. The molecule has 0 saturated heterocycles. The summed E-state index contributed by atoms with van der Waals surface area (Å²) in [5.41, 5.74) is 1.44. The van der Waals surface area contributed by atoms with Crippen molar-refractivity contribution in [2.24, 2.45) is 0 Å². The van der Waals surface area contributed by atoms with Crippen LogP contribution in [-0.4, -0.2) is 48.4 Å². The first-order valence-corrected chi connectivity index (χ1v) is 9.23. The van der Waals surface area contributed by atoms with Crippen molar-refractivity contribution >= 4 is 34.6 Å². The maximum atomic E-state index is 13.1. The number of carbonyl (C=O) groups is 4. The van der Waals surface area contributed by atoms with Gasteiger partial charge in [0.2, 0.25) is 0 Å². The molecule has 2 heterocycles. The van der Waals surface area contributed by atoms with Crippen LogP contribution < -0.4 is 10.6 Å². The molecule has 0 aromatic heterocycles. The predicted molar refractivity (Wildman–Crippen MR) is 104 cm³/mol. The molecule has 0 radical (unpaired) electrons. The zero-order valence-electron chi connectivity index (χ0n) is 15.9. The Hall–Kier alpha value is -3.68. The van der Waals surface area contributed by atoms with E-state index in [1.807, 2.05) is 12.1 Å². The van der Waals surface area contributed by atoms with Crippen molar-refractivity contribution in [1.82, 2.24) is 15.5 Å². The number of esters is 1. The highest BCUT2D eigenvalue weighted by molar-refractivity contribution is 6.25. The lowest BCUT2D eigenvalue weighted by atomic mass is 9.93. The molecule has 0 bridgehead atoms. The van der Waals surface area contributed by atoms with Gasteiger partial charge in [-0.25, -0.2) is 9.59 Å². The first kappa shape index (κ1) is 18.7. The van der Waals surface area contributed by atoms with Gasteiger partial charge in [0.15, 0.2) is 0 Å². The molecule has 1 atom stereocenters. The van der Waals surface area contributed by atoms with Gasteiger partial charge in [-0.3, -0.25) is 14.5 Å². The average Bonchev–Trinajstić information content (AvgIpc) is 2.73. The summed E-state index contributed by atoms with van der Waals surface area (Å²) in [4.78, 5) is 51.7. The Kier molecular flexibility index (Phi) is 4.54. The van der Waals surface area contributed by atoms with Crippen LogP contribution in [-0.2, 0) is 9.53 Å². The Morgan fingerprint density at radius 1 is 1.07 bits per heavy atom. The van der Waals surface area contributed by atoms with Crippen LogP contribution in [0, 0.1) is 0 Å². The SMILES string of the molecule is CCC1=C(C(=O)OC)C(CN2C(=O)c3cccc4cccc(c34)C2=O)NC(=O)N1. The third-order valence-electron chi connectivity index (χ3n) is 5.22. The summed E-state index contributed by atoms with van der Waals surface area (Å²) in [7, 11) is 1.24. The summed E-state index contributed by atoms with van der Waals surface area (Å²) in [6.07, 6.45) is 0.387. The van der Waals surface area contributed by atoms with E-state index in [1.54, 1.807) is 31.2 Å². The number of hydrogen-bond donors (Lipinski definition) is 2. The number of nitrogens with zero attached hydrogens (tertiary/aromatic N) is 1. The molecule has 2 aliphatic heterocycles. The van der Waals surface area contributed by atoms with Gasteiger partial charge >= 0.3 is 12.0 Å². The number of imide groups is 1. The summed E-state index contributed by atoms with van der Waals surface area (Å²) in [5, 5.41) is 6.65. The molecule has 8 heteroatoms. The highest BCUT2D eigenvalue weighted by atomic mass is 16.5. The lowest BCUT2D eigenvalue weighted by Gasteiger charge is -2.34. The van der Waals surface area contributed by atoms with Crippen LogP contribution in [0.4, 0.5) is 4.79 Å². The molecule has 8 nitrogen and oxygen atoms in total. The third-order valence-corrected chi connectivity index (χ3v) is 5.22. The third kappa shape index (κ3) is 2.93. The standard InChI is InChI=1S/C21H19N3O5/c1-3-14-17(20(27)29-2)15(23-21(28)22-14)10-24-18(25)12-8-4-6-11-7-5-9-13(16(11)12)19(24)26/h4-9,15H,3,10H2,1-2H3,(H2,22,23,28). The predicted octanol–water partition coefficient (Wildman–Crippen LogP) is 1.95. The van der Waals surface area contributed by atoms with E-state index >= 15 is 0 Å². The maximum absolute atomic E-state index is 13.1. The fraction of sp³-hybridized carbons (Fsp3) is 0.238. The van der Waals surface area contributed by atoms with E-state index in [1.165, 1.54) is 7.11 Å². The van der Waals surface area contributed by atoms with Crippen molar-refractivity contribution in [3.63, 3.8) is 0 Å². The second-order valence-electron chi connectivity index (χ2n) is 6.82. The largest absolute Gasteiger partial charge is 0.466 e. The van der Waals surface area contributed by atoms with Crippen LogP contribution in [0.15, 0.2) is 47.7 Å². The van der Waals surface area contributed by atoms with Crippen molar-refractivity contribution in [2.45, 2.75) is 19.4 Å². The van der Waals surface area contributed by atoms with Crippen LogP contribution in [0.1, 0.15) is 34.1 Å². The zero-order chi connectivity index (χ0) is 20.7. The van der Waals surface area contributed by atoms with Crippen molar-refractivity contribution < 1.29 is 23.9 Å². The summed E-state index contributed by atoms with van der Waals surface area (Å²) in [6.45, 7) is 1.61. The van der Waals surface area contributed by atoms with Crippen LogP contribution >= 0.6 is 0 Å². The molecule has 4 amide bonds. The molecule has 4 rings (SSSR count). The molecular formula is C21H19N3O5. The highest BCUT2D eigenvalue weighted by Crippen LogP contribution is 2.30. The molecule has 0 aliphatic carbocycles. The number of hydrogen-bond acceptors (Lipinski definition) is 5. The lowest BCUT2D eigenvalue weighted by molar-refractivity contribution is -0.136. The fourth-order valence-corrected chi connectivity index (χ4v) is 3.90. The van der Waals surface area contributed by atoms with Gasteiger partial charge in [0.25, 0.3) is 11.8 Å². The first-order valence-electron chi connectivity index (χ1n) is 9.23. The number of ether oxygens (including phenoxy) is 1. The van der Waals surface area contributed by atoms with Gasteiger partial charge in [-0.1, -0.05) is 31.2 Å². The highest BCUT2D eigenvalue weighted by Gasteiger charge is 2.38. The van der Waals surface area contributed by atoms with E-state index in [-0.39, 0.29) is 12.1 Å². The minimum absolute atomic E-state index is 0.177. The first-order chi connectivity index (χ1) is 14.0. The molecule has 2 aliphatic rings. The smallest absolute Gasteiger partial charge is 0.337 e. The topological polar surface area (TPSA) is 105 Å². The van der Waals surface area contributed by atoms with E-state index in [4.69, 9.17) is 4.74 Å². The van der Waals surface area contributed by atoms with E-state index in [2.05, 4.69) is 10.6 Å². The van der Waals surface area contributed by atoms with Gasteiger partial charge in [0.1, 0.15) is 0 Å². The normalized spacial score (nSPS) is 18.6. The number of benzene rings is 2. The van der Waals surface area contributed by atoms with E-state index in [9.17, 15) is 19.2 Å². The molecular weight excluding hydrogens is 374 g/mol. The summed E-state index contributed by atoms with van der Waals surface area (Å²) < 4.78 is 4.86. The van der Waals surface area contributed by atoms with Gasteiger partial charge in [-0.15, -0.1) is 0 Å². The minimum Gasteiger partial charge on any atom is -0.466 e. The van der Waals surface area contributed by atoms with Crippen LogP contribution in [0.2, 0.25) is 0 Å². The van der Waals surface area contributed by atoms with Gasteiger partial charge in [-0.2, -0.15) is 0 Å². The summed E-state index contributed by atoms with van der Waals surface area (Å²) in [6, 6.07) is 9.17. The number of methoxy groups -OCH3 is 1. The molecule has 2 aromatic carbocycles. The number of allylic oxidation sites excluding steroid dienone is 1. The number of nitrogens with one attached hydrogen (secondary N) is 2. The van der Waals surface area contributed by atoms with Crippen molar-refractivity contribution in [1.29, 1.82) is 0 Å². The second kappa shape index (κ2) is 7.05. The van der Waals surface area contributed by atoms with Crippen molar-refractivity contribution in [3.05, 3.63) is 58.8 Å². The Morgan fingerprint density at radius 2 is 1.69 bits per heavy atom. The maximum Gasteiger partial charge on any atom is 0.337 e. The molecule has 29 heavy (non-hydrogen) atoms. The molecule has 0 saturated carbocycles. The molecule has 0 fully saturated rings. The Balaban J connectivity index is 1.76. The fourth-order valence-electron chi connectivity index (χ4n) is 3.90. The molecule has 2 N–H and O–H groups in total. The monoisotopic (exact) mass is 393 g/mol. The van der Waals surface area contributed by atoms with Crippen LogP contribution in [0.25, 0.3) is 10.8 Å². The number of urea groups is 1. The second-order valence-corrected chi connectivity index (χ2v) is 6.82. The van der Waals surface area contributed by atoms with Gasteiger partial charge in [0.05, 0.1) is 25.3 Å². The minimum atomic E-state index is -0.872.